The van der Waals surface area contributed by atoms with Gasteiger partial charge >= 0.3 is 0 Å². The third-order valence-corrected chi connectivity index (χ3v) is 5.58. The van der Waals surface area contributed by atoms with Crippen LogP contribution in [0.25, 0.3) is 0 Å². The van der Waals surface area contributed by atoms with Gasteiger partial charge in [0.2, 0.25) is 5.91 Å². The van der Waals surface area contributed by atoms with Crippen molar-refractivity contribution < 1.29 is 4.79 Å². The van der Waals surface area contributed by atoms with E-state index in [-0.39, 0.29) is 5.91 Å². The molecule has 1 amide bonds. The quantitative estimate of drug-likeness (QED) is 0.807. The second-order valence-corrected chi connectivity index (χ2v) is 7.33. The number of benzene rings is 1. The number of piperidine rings is 1. The molecule has 2 heterocycles. The Morgan fingerprint density at radius 1 is 1.36 bits per heavy atom. The van der Waals surface area contributed by atoms with Gasteiger partial charge in [0.1, 0.15) is 0 Å². The third-order valence-electron chi connectivity index (χ3n) is 4.83. The molecule has 2 aromatic rings. The number of nitrogens with one attached hydrogen (secondary N) is 1. The molecule has 0 saturated carbocycles. The predicted octanol–water partition coefficient (Wildman–Crippen LogP) is 2.64. The van der Waals surface area contributed by atoms with Gasteiger partial charge in [0, 0.05) is 13.6 Å². The molecule has 25 heavy (non-hydrogen) atoms. The van der Waals surface area contributed by atoms with Gasteiger partial charge in [0.15, 0.2) is 5.16 Å². The number of rotatable bonds is 6. The Morgan fingerprint density at radius 3 is 2.88 bits per heavy atom. The molecule has 5 nitrogen and oxygen atoms in total. The summed E-state index contributed by atoms with van der Waals surface area (Å²) < 4.78 is 2.03. The van der Waals surface area contributed by atoms with Gasteiger partial charge in [-0.25, -0.2) is 4.98 Å². The zero-order valence-electron chi connectivity index (χ0n) is 14.9. The Hall–Kier alpha value is -1.79. The summed E-state index contributed by atoms with van der Waals surface area (Å²) in [6.45, 7) is 2.95. The first-order valence-corrected chi connectivity index (χ1v) is 9.98. The summed E-state index contributed by atoms with van der Waals surface area (Å²) >= 11 is 1.61. The van der Waals surface area contributed by atoms with Gasteiger partial charge in [0.05, 0.1) is 25.0 Å². The van der Waals surface area contributed by atoms with E-state index in [0.717, 1.165) is 30.4 Å². The maximum absolute atomic E-state index is 12.3. The molecule has 0 radical (unpaired) electrons. The zero-order chi connectivity index (χ0) is 17.6. The monoisotopic (exact) mass is 358 g/mol. The number of hydrogen-bond donors (Lipinski definition) is 1. The lowest BCUT2D eigenvalue weighted by Gasteiger charge is -2.32. The molecule has 1 aliphatic heterocycles. The average Bonchev–Trinajstić information content (AvgIpc) is 3.01. The first-order valence-electron chi connectivity index (χ1n) is 8.76. The smallest absolute Gasteiger partial charge is 0.234 e. The molecular weight excluding hydrogens is 332 g/mol. The van der Waals surface area contributed by atoms with E-state index in [2.05, 4.69) is 45.5 Å². The Bertz CT molecular complexity index is 701. The number of imidazole rings is 1. The first-order chi connectivity index (χ1) is 12.2. The van der Waals surface area contributed by atoms with Crippen molar-refractivity contribution in [2.45, 2.75) is 30.5 Å². The van der Waals surface area contributed by atoms with Crippen molar-refractivity contribution in [2.75, 3.05) is 25.9 Å². The summed E-state index contributed by atoms with van der Waals surface area (Å²) in [4.78, 5) is 18.9. The molecule has 1 N–H and O–H groups in total. The fraction of sp³-hybridized carbons (Fsp3) is 0.474. The van der Waals surface area contributed by atoms with Crippen molar-refractivity contribution in [3.05, 3.63) is 47.8 Å². The summed E-state index contributed by atoms with van der Waals surface area (Å²) in [5, 5.41) is 3.99. The van der Waals surface area contributed by atoms with Gasteiger partial charge in [0.25, 0.3) is 0 Å². The van der Waals surface area contributed by atoms with E-state index in [1.54, 1.807) is 11.8 Å². The van der Waals surface area contributed by atoms with Crippen molar-refractivity contribution in [2.24, 2.45) is 7.05 Å². The Kier molecular flexibility index (Phi) is 6.15. The van der Waals surface area contributed by atoms with Crippen LogP contribution in [-0.2, 0) is 18.4 Å². The largest absolute Gasteiger partial charge is 0.349 e. The van der Waals surface area contributed by atoms with Gasteiger partial charge in [-0.2, -0.15) is 0 Å². The van der Waals surface area contributed by atoms with Gasteiger partial charge < -0.3 is 9.88 Å². The molecule has 1 aromatic carbocycles. The molecule has 0 bridgehead atoms. The summed E-state index contributed by atoms with van der Waals surface area (Å²) in [6.07, 6.45) is 6.18. The molecular formula is C19H26N4OS. The summed E-state index contributed by atoms with van der Waals surface area (Å²) in [5.41, 5.74) is 2.41. The number of thioether (sulfide) groups is 1. The van der Waals surface area contributed by atoms with Crippen molar-refractivity contribution in [3.63, 3.8) is 0 Å². The maximum atomic E-state index is 12.3. The van der Waals surface area contributed by atoms with E-state index in [9.17, 15) is 4.79 Å². The van der Waals surface area contributed by atoms with Crippen LogP contribution in [-0.4, -0.2) is 46.2 Å². The highest BCUT2D eigenvalue weighted by atomic mass is 32.2. The van der Waals surface area contributed by atoms with Crippen molar-refractivity contribution in [1.29, 1.82) is 0 Å². The Balaban J connectivity index is 1.49. The number of nitrogens with zero attached hydrogens (tertiary/aromatic N) is 3. The second-order valence-electron chi connectivity index (χ2n) is 6.56. The van der Waals surface area contributed by atoms with Crippen LogP contribution in [0.5, 0.6) is 0 Å². The molecule has 1 fully saturated rings. The normalized spacial score (nSPS) is 18.2. The molecule has 0 unspecified atom stereocenters. The number of hydrogen-bond acceptors (Lipinski definition) is 4. The summed E-state index contributed by atoms with van der Waals surface area (Å²) in [5.74, 6) is 0.615. The second kappa shape index (κ2) is 8.54. The molecule has 3 rings (SSSR count). The van der Waals surface area contributed by atoms with E-state index in [4.69, 9.17) is 0 Å². The number of carbonyl (C=O) groups is 1. The molecule has 1 aliphatic rings. The highest BCUT2D eigenvalue weighted by Gasteiger charge is 2.22. The molecule has 0 spiro atoms. The molecule has 6 heteroatoms. The van der Waals surface area contributed by atoms with Crippen molar-refractivity contribution >= 4 is 17.7 Å². The van der Waals surface area contributed by atoms with Gasteiger partial charge in [-0.3, -0.25) is 9.69 Å². The fourth-order valence-corrected chi connectivity index (χ4v) is 3.97. The fourth-order valence-electron chi connectivity index (χ4n) is 3.42. The highest BCUT2D eigenvalue weighted by molar-refractivity contribution is 7.98. The number of carbonyl (C=O) groups excluding carboxylic acids is 1. The Labute approximate surface area is 153 Å². The minimum atomic E-state index is 0.0839. The molecule has 1 atom stereocenters. The van der Waals surface area contributed by atoms with Gasteiger partial charge in [-0.15, -0.1) is 0 Å². The van der Waals surface area contributed by atoms with Crippen LogP contribution in [0, 0.1) is 0 Å². The standard InChI is InChI=1S/C19H26N4OS/c1-22-17(12-21-19(22)25-2)11-20-18(24)14-23-10-6-9-16(13-23)15-7-4-3-5-8-15/h3-5,7-8,12,16H,6,9-11,13-14H2,1-2H3,(H,20,24)/t16-/m1/s1. The minimum absolute atomic E-state index is 0.0839. The van der Waals surface area contributed by atoms with Gasteiger partial charge in [-0.05, 0) is 37.1 Å². The SMILES string of the molecule is CSc1ncc(CNC(=O)CN2CCC[C@@H](c3ccccc3)C2)n1C. The number of likely N-dealkylation sites (tertiary alicyclic amines) is 1. The van der Waals surface area contributed by atoms with Crippen LogP contribution in [0.3, 0.4) is 0 Å². The third kappa shape index (κ3) is 4.64. The van der Waals surface area contributed by atoms with E-state index in [1.807, 2.05) is 24.1 Å². The van der Waals surface area contributed by atoms with Crippen molar-refractivity contribution in [1.82, 2.24) is 19.8 Å². The molecule has 134 valence electrons. The summed E-state index contributed by atoms with van der Waals surface area (Å²) in [6, 6.07) is 10.6. The van der Waals surface area contributed by atoms with Crippen LogP contribution in [0.2, 0.25) is 0 Å². The number of amides is 1. The van der Waals surface area contributed by atoms with Crippen LogP contribution in [0.1, 0.15) is 30.0 Å². The topological polar surface area (TPSA) is 50.2 Å². The van der Waals surface area contributed by atoms with Crippen molar-refractivity contribution in [3.8, 4) is 0 Å². The molecule has 1 aromatic heterocycles. The summed E-state index contributed by atoms with van der Waals surface area (Å²) in [7, 11) is 1.98. The van der Waals surface area contributed by atoms with Crippen LogP contribution < -0.4 is 5.32 Å². The predicted molar refractivity (Wildman–Crippen MR) is 102 cm³/mol. The number of aromatic nitrogens is 2. The lowest BCUT2D eigenvalue weighted by atomic mass is 9.91. The molecule has 0 aliphatic carbocycles. The minimum Gasteiger partial charge on any atom is -0.349 e. The Morgan fingerprint density at radius 2 is 2.16 bits per heavy atom. The van der Waals surface area contributed by atoms with Gasteiger partial charge in [-0.1, -0.05) is 42.1 Å². The maximum Gasteiger partial charge on any atom is 0.234 e. The lowest BCUT2D eigenvalue weighted by Crippen LogP contribution is -2.41. The van der Waals surface area contributed by atoms with E-state index >= 15 is 0 Å². The van der Waals surface area contributed by atoms with E-state index in [0.29, 0.717) is 19.0 Å². The van der Waals surface area contributed by atoms with Crippen LogP contribution >= 0.6 is 11.8 Å². The van der Waals surface area contributed by atoms with Crippen LogP contribution in [0.4, 0.5) is 0 Å². The first kappa shape index (κ1) is 18.0. The lowest BCUT2D eigenvalue weighted by molar-refractivity contribution is -0.122. The average molecular weight is 359 g/mol. The highest BCUT2D eigenvalue weighted by Crippen LogP contribution is 2.26. The zero-order valence-corrected chi connectivity index (χ0v) is 15.8. The van der Waals surface area contributed by atoms with E-state index in [1.165, 1.54) is 12.0 Å². The van der Waals surface area contributed by atoms with E-state index < -0.39 is 0 Å². The molecule has 1 saturated heterocycles. The van der Waals surface area contributed by atoms with Crippen LogP contribution in [0.15, 0.2) is 41.7 Å².